The molecule has 0 aliphatic carbocycles. The Morgan fingerprint density at radius 1 is 1.24 bits per heavy atom. The summed E-state index contributed by atoms with van der Waals surface area (Å²) in [6, 6.07) is 15.4. The van der Waals surface area contributed by atoms with E-state index in [-0.39, 0.29) is 11.7 Å². The van der Waals surface area contributed by atoms with E-state index in [1.165, 1.54) is 0 Å². The predicted octanol–water partition coefficient (Wildman–Crippen LogP) is 3.95. The number of hydrogen-bond acceptors (Lipinski definition) is 6. The minimum atomic E-state index is -0.493. The molecule has 0 bridgehead atoms. The summed E-state index contributed by atoms with van der Waals surface area (Å²) in [4.78, 5) is 19.8. The summed E-state index contributed by atoms with van der Waals surface area (Å²) in [5.74, 6) is -0.493. The number of benzene rings is 2. The lowest BCUT2D eigenvalue weighted by molar-refractivity contribution is -0.134. The molecule has 0 fully saturated rings. The van der Waals surface area contributed by atoms with Crippen LogP contribution < -0.4 is 5.43 Å². The third kappa shape index (κ3) is 4.39. The molecule has 0 saturated carbocycles. The topological polar surface area (TPSA) is 79.4 Å². The number of carbonyl (C=O) groups excluding carboxylic acids is 1. The van der Waals surface area contributed by atoms with Crippen molar-refractivity contribution in [1.29, 1.82) is 0 Å². The number of thioether (sulfide) groups is 1. The number of anilines is 1. The number of fused-ring (bicyclic) bond motifs is 1. The van der Waals surface area contributed by atoms with Crippen LogP contribution in [0.3, 0.4) is 0 Å². The fraction of sp³-hybridized carbons (Fsp3) is 0.167. The number of aromatic amines is 1. The molecule has 2 N–H and O–H groups in total. The van der Waals surface area contributed by atoms with Gasteiger partial charge in [0.1, 0.15) is 0 Å². The molecule has 0 atom stereocenters. The van der Waals surface area contributed by atoms with Gasteiger partial charge in [-0.05, 0) is 49.9 Å². The number of nitrogens with one attached hydrogen (secondary N) is 2. The van der Waals surface area contributed by atoms with E-state index in [4.69, 9.17) is 4.74 Å². The van der Waals surface area contributed by atoms with E-state index in [0.29, 0.717) is 5.16 Å². The Morgan fingerprint density at radius 2 is 2.00 bits per heavy atom. The molecular formula is C18H18N4O2S. The lowest BCUT2D eigenvalue weighted by Gasteiger charge is -2.06. The number of aryl methyl sites for hydroxylation is 1. The number of para-hydroxylation sites is 2. The monoisotopic (exact) mass is 354 g/mol. The maximum Gasteiger partial charge on any atom is 0.365 e. The highest BCUT2D eigenvalue weighted by Gasteiger charge is 2.17. The Kier molecular flexibility index (Phi) is 5.35. The highest BCUT2D eigenvalue weighted by atomic mass is 32.2. The van der Waals surface area contributed by atoms with Crippen LogP contribution >= 0.6 is 11.8 Å². The smallest absolute Gasteiger partial charge is 0.365 e. The first-order chi connectivity index (χ1) is 12.2. The fourth-order valence-electron chi connectivity index (χ4n) is 2.12. The third-order valence-corrected chi connectivity index (χ3v) is 4.19. The molecular weight excluding hydrogens is 336 g/mol. The van der Waals surface area contributed by atoms with Gasteiger partial charge in [-0.25, -0.2) is 9.78 Å². The fourth-order valence-corrected chi connectivity index (χ4v) is 2.84. The molecule has 0 aliphatic heterocycles. The van der Waals surface area contributed by atoms with Gasteiger partial charge >= 0.3 is 5.97 Å². The van der Waals surface area contributed by atoms with Crippen LogP contribution in [0.25, 0.3) is 11.0 Å². The van der Waals surface area contributed by atoms with E-state index >= 15 is 0 Å². The van der Waals surface area contributed by atoms with Gasteiger partial charge < -0.3 is 9.72 Å². The van der Waals surface area contributed by atoms with Crippen molar-refractivity contribution >= 4 is 39.5 Å². The summed E-state index contributed by atoms with van der Waals surface area (Å²) >= 11 is 1.13. The number of ether oxygens (including phenoxy) is 1. The predicted molar refractivity (Wildman–Crippen MR) is 101 cm³/mol. The van der Waals surface area contributed by atoms with Crippen LogP contribution in [-0.2, 0) is 9.53 Å². The summed E-state index contributed by atoms with van der Waals surface area (Å²) in [7, 11) is 0. The molecule has 1 heterocycles. The summed E-state index contributed by atoms with van der Waals surface area (Å²) in [5, 5.41) is 4.97. The van der Waals surface area contributed by atoms with Gasteiger partial charge in [-0.3, -0.25) is 5.43 Å². The second-order valence-corrected chi connectivity index (χ2v) is 6.25. The molecule has 128 valence electrons. The number of carbonyl (C=O) groups is 1. The van der Waals surface area contributed by atoms with Crippen molar-refractivity contribution in [2.24, 2.45) is 5.10 Å². The number of hydrazone groups is 1. The molecule has 1 aromatic heterocycles. The van der Waals surface area contributed by atoms with Gasteiger partial charge in [0.15, 0.2) is 5.16 Å². The number of imidazole rings is 1. The molecule has 3 rings (SSSR count). The lowest BCUT2D eigenvalue weighted by Crippen LogP contribution is -2.16. The minimum Gasteiger partial charge on any atom is -0.461 e. The molecule has 0 spiro atoms. The summed E-state index contributed by atoms with van der Waals surface area (Å²) < 4.78 is 5.09. The zero-order valence-corrected chi connectivity index (χ0v) is 14.8. The number of rotatable bonds is 4. The van der Waals surface area contributed by atoms with E-state index < -0.39 is 5.97 Å². The molecule has 0 unspecified atom stereocenters. The highest BCUT2D eigenvalue weighted by molar-refractivity contribution is 8.15. The van der Waals surface area contributed by atoms with Gasteiger partial charge in [0.25, 0.3) is 0 Å². The average Bonchev–Trinajstić information content (AvgIpc) is 3.02. The molecule has 0 saturated heterocycles. The second kappa shape index (κ2) is 7.85. The maximum absolute atomic E-state index is 12.2. The average molecular weight is 354 g/mol. The zero-order chi connectivity index (χ0) is 17.6. The van der Waals surface area contributed by atoms with Crippen LogP contribution in [0.1, 0.15) is 12.5 Å². The Bertz CT molecular complexity index is 870. The normalized spacial score (nSPS) is 11.5. The Balaban J connectivity index is 1.82. The number of esters is 1. The number of H-pyrrole nitrogens is 1. The van der Waals surface area contributed by atoms with Crippen molar-refractivity contribution in [3.63, 3.8) is 0 Å². The van der Waals surface area contributed by atoms with Gasteiger partial charge in [-0.2, -0.15) is 5.10 Å². The van der Waals surface area contributed by atoms with Crippen LogP contribution in [0, 0.1) is 6.92 Å². The summed E-state index contributed by atoms with van der Waals surface area (Å²) in [5.41, 5.74) is 6.56. The van der Waals surface area contributed by atoms with E-state index in [9.17, 15) is 4.79 Å². The number of hydrogen-bond donors (Lipinski definition) is 2. The summed E-state index contributed by atoms with van der Waals surface area (Å²) in [6.07, 6.45) is 0. The van der Waals surface area contributed by atoms with Crippen LogP contribution in [-0.4, -0.2) is 27.6 Å². The Hall–Kier alpha value is -2.80. The quantitative estimate of drug-likeness (QED) is 0.244. The Labute approximate surface area is 149 Å². The molecule has 2 aromatic carbocycles. The molecule has 6 nitrogen and oxygen atoms in total. The summed E-state index contributed by atoms with van der Waals surface area (Å²) in [6.45, 7) is 4.05. The van der Waals surface area contributed by atoms with Gasteiger partial charge in [0, 0.05) is 0 Å². The standard InChI is InChI=1S/C18H18N4O2S/c1-3-24-17(23)16(22-21-13-10-8-12(2)9-11-13)25-18-19-14-6-4-5-7-15(14)20-18/h4-11,21H,3H2,1-2H3,(H,19,20)/b22-16+. The SMILES string of the molecule is CCOC(=O)/C(=N\Nc1ccc(C)cc1)Sc1nc2ccccc2[nH]1. The van der Waals surface area contributed by atoms with Crippen molar-refractivity contribution in [3.8, 4) is 0 Å². The van der Waals surface area contributed by atoms with Crippen molar-refractivity contribution in [1.82, 2.24) is 9.97 Å². The molecule has 0 aliphatic rings. The first-order valence-electron chi connectivity index (χ1n) is 7.86. The Morgan fingerprint density at radius 3 is 2.72 bits per heavy atom. The van der Waals surface area contributed by atoms with Gasteiger partial charge in [0.2, 0.25) is 5.04 Å². The maximum atomic E-state index is 12.2. The number of nitrogens with zero attached hydrogens (tertiary/aromatic N) is 2. The molecule has 25 heavy (non-hydrogen) atoms. The minimum absolute atomic E-state index is 0.182. The van der Waals surface area contributed by atoms with Crippen LogP contribution in [0.2, 0.25) is 0 Å². The molecule has 3 aromatic rings. The van der Waals surface area contributed by atoms with Crippen LogP contribution in [0.5, 0.6) is 0 Å². The molecule has 0 radical (unpaired) electrons. The van der Waals surface area contributed by atoms with Crippen molar-refractivity contribution in [3.05, 3.63) is 54.1 Å². The van der Waals surface area contributed by atoms with E-state index in [1.807, 2.05) is 55.5 Å². The van der Waals surface area contributed by atoms with E-state index in [0.717, 1.165) is 34.0 Å². The van der Waals surface area contributed by atoms with E-state index in [2.05, 4.69) is 20.5 Å². The molecule has 7 heteroatoms. The number of aromatic nitrogens is 2. The first-order valence-corrected chi connectivity index (χ1v) is 8.67. The zero-order valence-electron chi connectivity index (χ0n) is 13.9. The largest absolute Gasteiger partial charge is 0.461 e. The van der Waals surface area contributed by atoms with Gasteiger partial charge in [-0.15, -0.1) is 0 Å². The third-order valence-electron chi connectivity index (χ3n) is 3.35. The van der Waals surface area contributed by atoms with Crippen molar-refractivity contribution < 1.29 is 9.53 Å². The van der Waals surface area contributed by atoms with Crippen LogP contribution in [0.15, 0.2) is 58.8 Å². The van der Waals surface area contributed by atoms with Gasteiger partial charge in [-0.1, -0.05) is 29.8 Å². The van der Waals surface area contributed by atoms with Crippen molar-refractivity contribution in [2.45, 2.75) is 19.0 Å². The van der Waals surface area contributed by atoms with Gasteiger partial charge in [0.05, 0.1) is 23.3 Å². The second-order valence-electron chi connectivity index (χ2n) is 5.28. The van der Waals surface area contributed by atoms with E-state index in [1.54, 1.807) is 6.92 Å². The lowest BCUT2D eigenvalue weighted by atomic mass is 10.2. The molecule has 0 amide bonds. The van der Waals surface area contributed by atoms with Crippen LogP contribution in [0.4, 0.5) is 5.69 Å². The van der Waals surface area contributed by atoms with Crippen molar-refractivity contribution in [2.75, 3.05) is 12.0 Å². The first kappa shape index (κ1) is 17.0. The highest BCUT2D eigenvalue weighted by Crippen LogP contribution is 2.21.